The second-order valence-electron chi connectivity index (χ2n) is 6.53. The molecule has 2 N–H and O–H groups in total. The highest BCUT2D eigenvalue weighted by Gasteiger charge is 2.10. The third-order valence-corrected chi connectivity index (χ3v) is 4.24. The minimum Gasteiger partial charge on any atom is -0.496 e. The molecule has 2 rings (SSSR count). The Morgan fingerprint density at radius 2 is 1.93 bits per heavy atom. The molecule has 1 amide bonds. The molecule has 0 aliphatic rings. The van der Waals surface area contributed by atoms with Crippen LogP contribution in [-0.2, 0) is 6.54 Å². The number of aliphatic imine (C=N–C) groups is 1. The number of benzene rings is 2. The minimum absolute atomic E-state index is 0.0775. The summed E-state index contributed by atoms with van der Waals surface area (Å²) in [5, 5.41) is 6.21. The maximum absolute atomic E-state index is 12.2. The van der Waals surface area contributed by atoms with Crippen LogP contribution in [0.15, 0.2) is 53.5 Å². The second-order valence-corrected chi connectivity index (χ2v) is 6.53. The van der Waals surface area contributed by atoms with Crippen LogP contribution in [0.3, 0.4) is 0 Å². The highest BCUT2D eigenvalue weighted by molar-refractivity contribution is 5.94. The molecule has 6 heteroatoms. The first-order valence-electron chi connectivity index (χ1n) is 9.51. The number of hydrogen-bond acceptors (Lipinski definition) is 3. The van der Waals surface area contributed by atoms with Gasteiger partial charge in [-0.3, -0.25) is 9.79 Å². The molecule has 0 aliphatic carbocycles. The molecular weight excluding hydrogens is 352 g/mol. The molecule has 0 bridgehead atoms. The van der Waals surface area contributed by atoms with Gasteiger partial charge in [-0.25, -0.2) is 0 Å². The Morgan fingerprint density at radius 3 is 2.64 bits per heavy atom. The zero-order chi connectivity index (χ0) is 20.4. The third kappa shape index (κ3) is 6.30. The van der Waals surface area contributed by atoms with E-state index in [1.807, 2.05) is 74.3 Å². The number of methoxy groups -OCH3 is 1. The number of aryl methyl sites for hydroxylation is 1. The van der Waals surface area contributed by atoms with Gasteiger partial charge >= 0.3 is 0 Å². The number of rotatable bonds is 8. The molecular formula is C22H30N4O2. The van der Waals surface area contributed by atoms with Gasteiger partial charge in [-0.2, -0.15) is 0 Å². The van der Waals surface area contributed by atoms with Crippen LogP contribution in [-0.4, -0.2) is 50.6 Å². The summed E-state index contributed by atoms with van der Waals surface area (Å²) in [6.07, 6.45) is 0. The van der Waals surface area contributed by atoms with Crippen LogP contribution in [0.2, 0.25) is 0 Å². The lowest BCUT2D eigenvalue weighted by Crippen LogP contribution is -2.39. The van der Waals surface area contributed by atoms with E-state index < -0.39 is 0 Å². The molecule has 0 aromatic heterocycles. The summed E-state index contributed by atoms with van der Waals surface area (Å²) in [6, 6.07) is 15.5. The average molecular weight is 383 g/mol. The van der Waals surface area contributed by atoms with Crippen LogP contribution in [0, 0.1) is 6.92 Å². The number of nitrogens with one attached hydrogen (secondary N) is 2. The molecule has 150 valence electrons. The molecule has 28 heavy (non-hydrogen) atoms. The van der Waals surface area contributed by atoms with Gasteiger partial charge in [0.15, 0.2) is 5.96 Å². The molecule has 0 radical (unpaired) electrons. The maximum atomic E-state index is 12.2. The summed E-state index contributed by atoms with van der Waals surface area (Å²) < 4.78 is 5.43. The summed E-state index contributed by atoms with van der Waals surface area (Å²) in [4.78, 5) is 18.9. The van der Waals surface area contributed by atoms with Crippen molar-refractivity contribution in [2.75, 3.05) is 33.8 Å². The van der Waals surface area contributed by atoms with E-state index in [1.165, 1.54) is 0 Å². The topological polar surface area (TPSA) is 66.0 Å². The largest absolute Gasteiger partial charge is 0.496 e. The molecule has 0 heterocycles. The molecule has 0 unspecified atom stereocenters. The van der Waals surface area contributed by atoms with E-state index in [0.717, 1.165) is 29.4 Å². The summed E-state index contributed by atoms with van der Waals surface area (Å²) >= 11 is 0. The molecule has 6 nitrogen and oxygen atoms in total. The van der Waals surface area contributed by atoms with Crippen molar-refractivity contribution in [3.8, 4) is 5.75 Å². The fourth-order valence-corrected chi connectivity index (χ4v) is 2.85. The lowest BCUT2D eigenvalue weighted by Gasteiger charge is -2.23. The number of nitrogens with zero attached hydrogens (tertiary/aromatic N) is 2. The molecule has 0 aliphatic heterocycles. The average Bonchev–Trinajstić information content (AvgIpc) is 2.70. The molecule has 0 fully saturated rings. The molecule has 0 saturated heterocycles. The normalized spacial score (nSPS) is 11.1. The highest BCUT2D eigenvalue weighted by atomic mass is 16.5. The van der Waals surface area contributed by atoms with Crippen LogP contribution >= 0.6 is 0 Å². The molecule has 0 spiro atoms. The Kier molecular flexibility index (Phi) is 8.34. The number of hydrogen-bond donors (Lipinski definition) is 2. The molecule has 2 aromatic rings. The number of ether oxygens (including phenoxy) is 1. The number of guanidine groups is 1. The zero-order valence-electron chi connectivity index (χ0n) is 17.2. The van der Waals surface area contributed by atoms with Gasteiger partial charge in [0.2, 0.25) is 0 Å². The van der Waals surface area contributed by atoms with Crippen molar-refractivity contribution >= 4 is 11.9 Å². The predicted octanol–water partition coefficient (Wildman–Crippen LogP) is 2.83. The first-order valence-corrected chi connectivity index (χ1v) is 9.51. The van der Waals surface area contributed by atoms with Crippen molar-refractivity contribution in [2.24, 2.45) is 4.99 Å². The Labute approximate surface area is 167 Å². The van der Waals surface area contributed by atoms with Crippen molar-refractivity contribution in [1.29, 1.82) is 0 Å². The number of carbonyl (C=O) groups excluding carboxylic acids is 1. The van der Waals surface area contributed by atoms with E-state index in [-0.39, 0.29) is 5.91 Å². The van der Waals surface area contributed by atoms with Gasteiger partial charge in [-0.05, 0) is 32.0 Å². The van der Waals surface area contributed by atoms with Crippen molar-refractivity contribution in [3.05, 3.63) is 65.2 Å². The Balaban J connectivity index is 1.93. The van der Waals surface area contributed by atoms with E-state index in [2.05, 4.69) is 15.6 Å². The quantitative estimate of drug-likeness (QED) is 0.419. The van der Waals surface area contributed by atoms with Gasteiger partial charge in [-0.15, -0.1) is 0 Å². The van der Waals surface area contributed by atoms with Crippen molar-refractivity contribution in [3.63, 3.8) is 0 Å². The van der Waals surface area contributed by atoms with Crippen LogP contribution in [0.1, 0.15) is 28.4 Å². The van der Waals surface area contributed by atoms with Crippen molar-refractivity contribution in [1.82, 2.24) is 15.5 Å². The number of carbonyl (C=O) groups is 1. The maximum Gasteiger partial charge on any atom is 0.251 e. The fourth-order valence-electron chi connectivity index (χ4n) is 2.85. The van der Waals surface area contributed by atoms with Gasteiger partial charge < -0.3 is 20.3 Å². The Morgan fingerprint density at radius 1 is 1.14 bits per heavy atom. The molecule has 0 atom stereocenters. The van der Waals surface area contributed by atoms with Crippen LogP contribution in [0.5, 0.6) is 5.75 Å². The van der Waals surface area contributed by atoms with E-state index in [4.69, 9.17) is 4.74 Å². The Bertz CT molecular complexity index is 805. The van der Waals surface area contributed by atoms with Crippen LogP contribution < -0.4 is 15.4 Å². The lowest BCUT2D eigenvalue weighted by atomic mass is 10.1. The van der Waals surface area contributed by atoms with Gasteiger partial charge in [0.1, 0.15) is 5.75 Å². The monoisotopic (exact) mass is 382 g/mol. The van der Waals surface area contributed by atoms with Gasteiger partial charge in [0, 0.05) is 37.8 Å². The van der Waals surface area contributed by atoms with Gasteiger partial charge in [0.05, 0.1) is 13.7 Å². The number of amides is 1. The summed E-state index contributed by atoms with van der Waals surface area (Å²) in [5.41, 5.74) is 2.83. The predicted molar refractivity (Wildman–Crippen MR) is 114 cm³/mol. The summed E-state index contributed by atoms with van der Waals surface area (Å²) in [7, 11) is 3.66. The van der Waals surface area contributed by atoms with E-state index >= 15 is 0 Å². The molecule has 0 saturated carbocycles. The van der Waals surface area contributed by atoms with Crippen LogP contribution in [0.4, 0.5) is 0 Å². The highest BCUT2D eigenvalue weighted by Crippen LogP contribution is 2.18. The van der Waals surface area contributed by atoms with Crippen LogP contribution in [0.25, 0.3) is 0 Å². The van der Waals surface area contributed by atoms with E-state index in [1.54, 1.807) is 7.11 Å². The van der Waals surface area contributed by atoms with Crippen molar-refractivity contribution < 1.29 is 9.53 Å². The third-order valence-electron chi connectivity index (χ3n) is 4.24. The van der Waals surface area contributed by atoms with Gasteiger partial charge in [-0.1, -0.05) is 35.9 Å². The number of para-hydroxylation sites is 1. The summed E-state index contributed by atoms with van der Waals surface area (Å²) in [5.74, 6) is 1.57. The SMILES string of the molecule is CCNC(=NCCNC(=O)c1cccc(C)c1)N(C)Cc1ccccc1OC. The Hall–Kier alpha value is -3.02. The zero-order valence-corrected chi connectivity index (χ0v) is 17.2. The van der Waals surface area contributed by atoms with Crippen molar-refractivity contribution in [2.45, 2.75) is 20.4 Å². The lowest BCUT2D eigenvalue weighted by molar-refractivity contribution is 0.0954. The summed E-state index contributed by atoms with van der Waals surface area (Å²) in [6.45, 7) is 6.42. The molecule has 2 aromatic carbocycles. The minimum atomic E-state index is -0.0775. The first kappa shape index (κ1) is 21.3. The van der Waals surface area contributed by atoms with E-state index in [9.17, 15) is 4.79 Å². The fraction of sp³-hybridized carbons (Fsp3) is 0.364. The van der Waals surface area contributed by atoms with Gasteiger partial charge in [0.25, 0.3) is 5.91 Å². The smallest absolute Gasteiger partial charge is 0.251 e. The van der Waals surface area contributed by atoms with E-state index in [0.29, 0.717) is 25.2 Å². The second kappa shape index (κ2) is 11.0. The first-order chi connectivity index (χ1) is 13.5. The standard InChI is InChI=1S/C22H30N4O2/c1-5-23-22(26(3)16-19-10-6-7-12-20(19)28-4)25-14-13-24-21(27)18-11-8-9-17(2)15-18/h6-12,15H,5,13-14,16H2,1-4H3,(H,23,25)(H,24,27).